The first-order chi connectivity index (χ1) is 8.95. The maximum Gasteiger partial charge on any atom is 0.244 e. The average molecular weight is 382 g/mol. The second kappa shape index (κ2) is 6.02. The standard InChI is InChI=1S/C11H12BrNO3S3/c1-13(5-9-4-8(12)7-18-9)19(15,16)11-2-3-17-10(11)6-14/h2-4,7,14H,5-6H2,1H3. The van der Waals surface area contributed by atoms with Crippen molar-refractivity contribution in [3.05, 3.63) is 37.1 Å². The molecule has 0 amide bonds. The Morgan fingerprint density at radius 1 is 1.42 bits per heavy atom. The number of sulfonamides is 1. The summed E-state index contributed by atoms with van der Waals surface area (Å²) in [5, 5.41) is 12.8. The van der Waals surface area contributed by atoms with Crippen LogP contribution in [0.1, 0.15) is 9.75 Å². The summed E-state index contributed by atoms with van der Waals surface area (Å²) < 4.78 is 27.0. The Labute approximate surface area is 128 Å². The predicted octanol–water partition coefficient (Wildman–Crippen LogP) is 2.89. The summed E-state index contributed by atoms with van der Waals surface area (Å²) in [6, 6.07) is 3.43. The molecule has 0 aliphatic carbocycles. The van der Waals surface area contributed by atoms with Crippen molar-refractivity contribution in [3.8, 4) is 0 Å². The van der Waals surface area contributed by atoms with Crippen LogP contribution in [0.3, 0.4) is 0 Å². The van der Waals surface area contributed by atoms with Crippen LogP contribution in [-0.4, -0.2) is 24.9 Å². The van der Waals surface area contributed by atoms with Crippen molar-refractivity contribution in [2.75, 3.05) is 7.05 Å². The van der Waals surface area contributed by atoms with Gasteiger partial charge in [-0.1, -0.05) is 0 Å². The summed E-state index contributed by atoms with van der Waals surface area (Å²) in [6.07, 6.45) is 0. The van der Waals surface area contributed by atoms with Gasteiger partial charge in [-0.25, -0.2) is 8.42 Å². The van der Waals surface area contributed by atoms with E-state index in [1.807, 2.05) is 11.4 Å². The number of aliphatic hydroxyl groups excluding tert-OH is 1. The van der Waals surface area contributed by atoms with Gasteiger partial charge < -0.3 is 5.11 Å². The van der Waals surface area contributed by atoms with Crippen LogP contribution in [0.25, 0.3) is 0 Å². The Kier molecular flexibility index (Phi) is 4.80. The molecule has 2 rings (SSSR count). The second-order valence-corrected chi connectivity index (χ2v) is 8.78. The summed E-state index contributed by atoms with van der Waals surface area (Å²) in [4.78, 5) is 1.62. The van der Waals surface area contributed by atoms with Gasteiger partial charge >= 0.3 is 0 Å². The topological polar surface area (TPSA) is 57.6 Å². The van der Waals surface area contributed by atoms with Crippen molar-refractivity contribution in [3.63, 3.8) is 0 Å². The zero-order valence-electron chi connectivity index (χ0n) is 10.0. The van der Waals surface area contributed by atoms with Gasteiger partial charge in [0.2, 0.25) is 10.0 Å². The fraction of sp³-hybridized carbons (Fsp3) is 0.273. The van der Waals surface area contributed by atoms with Gasteiger partial charge in [0, 0.05) is 33.2 Å². The number of hydrogen-bond acceptors (Lipinski definition) is 5. The summed E-state index contributed by atoms with van der Waals surface area (Å²) in [5.74, 6) is 0. The fourth-order valence-corrected chi connectivity index (χ4v) is 5.58. The smallest absolute Gasteiger partial charge is 0.244 e. The van der Waals surface area contributed by atoms with Crippen molar-refractivity contribution >= 4 is 48.6 Å². The molecule has 8 heteroatoms. The summed E-state index contributed by atoms with van der Waals surface area (Å²) in [6.45, 7) is 0.0595. The molecule has 0 unspecified atom stereocenters. The van der Waals surface area contributed by atoms with E-state index >= 15 is 0 Å². The first-order valence-corrected chi connectivity index (χ1v) is 9.31. The van der Waals surface area contributed by atoms with Crippen LogP contribution in [0.4, 0.5) is 0 Å². The SMILES string of the molecule is CN(Cc1cc(Br)cs1)S(=O)(=O)c1ccsc1CO. The van der Waals surface area contributed by atoms with Gasteiger partial charge in [-0.05, 0) is 33.4 Å². The van der Waals surface area contributed by atoms with Crippen LogP contribution in [0.2, 0.25) is 0 Å². The zero-order valence-corrected chi connectivity index (χ0v) is 14.1. The van der Waals surface area contributed by atoms with Crippen LogP contribution in [0, 0.1) is 0 Å². The van der Waals surface area contributed by atoms with Crippen molar-refractivity contribution in [2.45, 2.75) is 18.0 Å². The second-order valence-electron chi connectivity index (χ2n) is 3.86. The monoisotopic (exact) mass is 381 g/mol. The van der Waals surface area contributed by atoms with Gasteiger partial charge in [-0.2, -0.15) is 4.31 Å². The minimum absolute atomic E-state index is 0.193. The van der Waals surface area contributed by atoms with Crippen molar-refractivity contribution in [1.29, 1.82) is 0 Å². The highest BCUT2D eigenvalue weighted by Gasteiger charge is 2.25. The van der Waals surface area contributed by atoms with Crippen LogP contribution in [0.15, 0.2) is 32.3 Å². The van der Waals surface area contributed by atoms with E-state index in [0.717, 1.165) is 9.35 Å². The third kappa shape index (κ3) is 3.26. The number of thiophene rings is 2. The quantitative estimate of drug-likeness (QED) is 0.865. The lowest BCUT2D eigenvalue weighted by Gasteiger charge is -2.16. The summed E-state index contributed by atoms with van der Waals surface area (Å²) in [7, 11) is -2.01. The molecule has 19 heavy (non-hydrogen) atoms. The van der Waals surface area contributed by atoms with Crippen molar-refractivity contribution < 1.29 is 13.5 Å². The van der Waals surface area contributed by atoms with E-state index in [9.17, 15) is 8.42 Å². The lowest BCUT2D eigenvalue weighted by Crippen LogP contribution is -2.26. The predicted molar refractivity (Wildman–Crippen MR) is 80.9 cm³/mol. The summed E-state index contributed by atoms with van der Waals surface area (Å²) in [5.41, 5.74) is 0. The molecular formula is C11H12BrNO3S3. The first kappa shape index (κ1) is 15.1. The van der Waals surface area contributed by atoms with Crippen LogP contribution < -0.4 is 0 Å². The normalized spacial score (nSPS) is 12.2. The number of halogens is 1. The minimum atomic E-state index is -3.55. The van der Waals surface area contributed by atoms with Crippen LogP contribution in [-0.2, 0) is 23.2 Å². The van der Waals surface area contributed by atoms with E-state index in [4.69, 9.17) is 5.11 Å². The molecule has 0 fully saturated rings. The van der Waals surface area contributed by atoms with Crippen molar-refractivity contribution in [1.82, 2.24) is 4.31 Å². The molecule has 0 saturated heterocycles. The molecule has 0 atom stereocenters. The minimum Gasteiger partial charge on any atom is -0.391 e. The van der Waals surface area contributed by atoms with Gasteiger partial charge in [-0.15, -0.1) is 22.7 Å². The van der Waals surface area contributed by atoms with Crippen LogP contribution >= 0.6 is 38.6 Å². The van der Waals surface area contributed by atoms with Gasteiger partial charge in [0.05, 0.1) is 11.5 Å². The lowest BCUT2D eigenvalue weighted by atomic mass is 10.5. The van der Waals surface area contributed by atoms with Crippen molar-refractivity contribution in [2.24, 2.45) is 0 Å². The molecule has 0 aliphatic rings. The van der Waals surface area contributed by atoms with E-state index in [1.165, 1.54) is 33.0 Å². The fourth-order valence-electron chi connectivity index (χ4n) is 1.58. The van der Waals surface area contributed by atoms with E-state index in [0.29, 0.717) is 11.4 Å². The Balaban J connectivity index is 2.24. The van der Waals surface area contributed by atoms with Gasteiger partial charge in [0.15, 0.2) is 0 Å². The molecule has 4 nitrogen and oxygen atoms in total. The van der Waals surface area contributed by atoms with Gasteiger partial charge in [-0.3, -0.25) is 0 Å². The number of nitrogens with zero attached hydrogens (tertiary/aromatic N) is 1. The van der Waals surface area contributed by atoms with Gasteiger partial charge in [0.1, 0.15) is 0 Å². The highest BCUT2D eigenvalue weighted by molar-refractivity contribution is 9.10. The third-order valence-corrected chi connectivity index (χ3v) is 7.14. The largest absolute Gasteiger partial charge is 0.391 e. The zero-order chi connectivity index (χ0) is 14.0. The van der Waals surface area contributed by atoms with Gasteiger partial charge in [0.25, 0.3) is 0 Å². The maximum atomic E-state index is 12.4. The molecule has 0 bridgehead atoms. The highest BCUT2D eigenvalue weighted by Crippen LogP contribution is 2.27. The molecule has 1 N–H and O–H groups in total. The average Bonchev–Trinajstić information content (AvgIpc) is 2.97. The third-order valence-electron chi connectivity index (χ3n) is 2.54. The molecule has 0 aromatic carbocycles. The molecule has 0 radical (unpaired) electrons. The maximum absolute atomic E-state index is 12.4. The Bertz CT molecular complexity index is 662. The summed E-state index contributed by atoms with van der Waals surface area (Å²) >= 11 is 6.09. The molecule has 2 aromatic rings. The molecule has 0 aliphatic heterocycles. The van der Waals surface area contributed by atoms with E-state index in [1.54, 1.807) is 12.4 Å². The number of rotatable bonds is 5. The van der Waals surface area contributed by atoms with Crippen LogP contribution in [0.5, 0.6) is 0 Å². The number of hydrogen-bond donors (Lipinski definition) is 1. The molecular weight excluding hydrogens is 370 g/mol. The highest BCUT2D eigenvalue weighted by atomic mass is 79.9. The molecule has 0 spiro atoms. The molecule has 2 aromatic heterocycles. The Morgan fingerprint density at radius 2 is 2.16 bits per heavy atom. The Morgan fingerprint density at radius 3 is 2.74 bits per heavy atom. The first-order valence-electron chi connectivity index (χ1n) is 5.31. The van der Waals surface area contributed by atoms with E-state index in [2.05, 4.69) is 15.9 Å². The van der Waals surface area contributed by atoms with E-state index in [-0.39, 0.29) is 11.5 Å². The lowest BCUT2D eigenvalue weighted by molar-refractivity contribution is 0.282. The molecule has 0 saturated carbocycles. The molecule has 104 valence electrons. The Hall–Kier alpha value is -0.250. The van der Waals surface area contributed by atoms with E-state index < -0.39 is 10.0 Å². The number of aliphatic hydroxyl groups is 1. The molecule has 2 heterocycles.